The average molecular weight is 363 g/mol. The Morgan fingerprint density at radius 2 is 1.71 bits per heavy atom. The molecule has 2 heteroatoms. The largest absolute Gasteiger partial charge is 0.139 e. The zero-order valence-electron chi connectivity index (χ0n) is 15.8. The molecule has 0 radical (unpaired) electrons. The number of fused-ring (bicyclic) bond motifs is 1. The molecular formula is C22H34S2. The van der Waals surface area contributed by atoms with Crippen LogP contribution >= 0.6 is 22.7 Å². The summed E-state index contributed by atoms with van der Waals surface area (Å²) in [5, 5.41) is 0. The Morgan fingerprint density at radius 1 is 0.958 bits per heavy atom. The van der Waals surface area contributed by atoms with Crippen LogP contribution in [0.25, 0.3) is 9.40 Å². The summed E-state index contributed by atoms with van der Waals surface area (Å²) in [6.07, 6.45) is 14.0. The summed E-state index contributed by atoms with van der Waals surface area (Å²) in [6.45, 7) is 7.11. The van der Waals surface area contributed by atoms with E-state index in [4.69, 9.17) is 0 Å². The molecule has 0 amide bonds. The summed E-state index contributed by atoms with van der Waals surface area (Å²) in [5.74, 6) is 2.71. The van der Waals surface area contributed by atoms with E-state index in [0.717, 1.165) is 17.8 Å². The average Bonchev–Trinajstić information content (AvgIpc) is 3.14. The van der Waals surface area contributed by atoms with Crippen molar-refractivity contribution in [2.75, 3.05) is 0 Å². The molecular weight excluding hydrogens is 328 g/mol. The lowest BCUT2D eigenvalue weighted by molar-refractivity contribution is 0.240. The zero-order chi connectivity index (χ0) is 16.9. The van der Waals surface area contributed by atoms with E-state index in [2.05, 4.69) is 55.6 Å². The van der Waals surface area contributed by atoms with Crippen LogP contribution in [0.5, 0.6) is 0 Å². The number of hydrogen-bond donors (Lipinski definition) is 0. The van der Waals surface area contributed by atoms with Crippen molar-refractivity contribution in [3.63, 3.8) is 0 Å². The lowest BCUT2D eigenvalue weighted by Crippen LogP contribution is -2.18. The summed E-state index contributed by atoms with van der Waals surface area (Å²) in [5.41, 5.74) is 0. The monoisotopic (exact) mass is 362 g/mol. The van der Waals surface area contributed by atoms with Gasteiger partial charge in [-0.05, 0) is 55.6 Å². The van der Waals surface area contributed by atoms with E-state index in [9.17, 15) is 0 Å². The Morgan fingerprint density at radius 3 is 2.38 bits per heavy atom. The fraction of sp³-hybridized carbons (Fsp3) is 0.727. The lowest BCUT2D eigenvalue weighted by atomic mass is 9.75. The SMILES string of the molecule is CCCCCc1cc2sc(C(C)C3CCC(CCC)CC3)cc2s1. The molecule has 1 aliphatic rings. The minimum absolute atomic E-state index is 0.765. The van der Waals surface area contributed by atoms with E-state index in [1.165, 1.54) is 64.2 Å². The first-order chi connectivity index (χ1) is 11.7. The third-order valence-electron chi connectivity index (χ3n) is 6.05. The molecule has 1 unspecified atom stereocenters. The van der Waals surface area contributed by atoms with Crippen molar-refractivity contribution in [2.45, 2.75) is 90.9 Å². The Balaban J connectivity index is 1.59. The Hall–Kier alpha value is -0.340. The molecule has 134 valence electrons. The van der Waals surface area contributed by atoms with Crippen LogP contribution in [0.4, 0.5) is 0 Å². The number of hydrogen-bond acceptors (Lipinski definition) is 2. The highest BCUT2D eigenvalue weighted by molar-refractivity contribution is 7.27. The van der Waals surface area contributed by atoms with Crippen LogP contribution in [-0.4, -0.2) is 0 Å². The molecule has 24 heavy (non-hydrogen) atoms. The van der Waals surface area contributed by atoms with Crippen LogP contribution in [0, 0.1) is 11.8 Å². The van der Waals surface area contributed by atoms with E-state index in [0.29, 0.717) is 0 Å². The first kappa shape index (κ1) is 18.5. The second-order valence-corrected chi connectivity index (χ2v) is 10.2. The van der Waals surface area contributed by atoms with Gasteiger partial charge in [0.25, 0.3) is 0 Å². The highest BCUT2D eigenvalue weighted by Crippen LogP contribution is 2.44. The minimum Gasteiger partial charge on any atom is -0.139 e. The summed E-state index contributed by atoms with van der Waals surface area (Å²) in [6, 6.07) is 5.01. The quantitative estimate of drug-likeness (QED) is 0.413. The molecule has 0 saturated heterocycles. The smallest absolute Gasteiger partial charge is 0.0456 e. The lowest BCUT2D eigenvalue weighted by Gasteiger charge is -2.31. The third-order valence-corrected chi connectivity index (χ3v) is 8.60. The molecule has 0 spiro atoms. The molecule has 1 saturated carbocycles. The van der Waals surface area contributed by atoms with Gasteiger partial charge in [0.05, 0.1) is 0 Å². The van der Waals surface area contributed by atoms with Gasteiger partial charge in [-0.25, -0.2) is 0 Å². The molecule has 2 aromatic heterocycles. The summed E-state index contributed by atoms with van der Waals surface area (Å²) in [4.78, 5) is 3.25. The molecule has 0 bridgehead atoms. The van der Waals surface area contributed by atoms with E-state index < -0.39 is 0 Å². The highest BCUT2D eigenvalue weighted by Gasteiger charge is 2.26. The van der Waals surface area contributed by atoms with Crippen LogP contribution in [0.15, 0.2) is 12.1 Å². The normalized spacial score (nSPS) is 23.0. The maximum Gasteiger partial charge on any atom is 0.0456 e. The Kier molecular flexibility index (Phi) is 6.80. The second kappa shape index (κ2) is 8.85. The molecule has 2 heterocycles. The van der Waals surface area contributed by atoms with E-state index in [1.54, 1.807) is 19.2 Å². The van der Waals surface area contributed by atoms with E-state index in [-0.39, 0.29) is 0 Å². The van der Waals surface area contributed by atoms with E-state index in [1.807, 2.05) is 0 Å². The van der Waals surface area contributed by atoms with Gasteiger partial charge >= 0.3 is 0 Å². The van der Waals surface area contributed by atoms with Crippen molar-refractivity contribution < 1.29 is 0 Å². The highest BCUT2D eigenvalue weighted by atomic mass is 32.1. The molecule has 0 aliphatic heterocycles. The van der Waals surface area contributed by atoms with Gasteiger partial charge in [-0.2, -0.15) is 0 Å². The second-order valence-electron chi connectivity index (χ2n) is 7.91. The molecule has 1 aliphatic carbocycles. The molecule has 0 N–H and O–H groups in total. The van der Waals surface area contributed by atoms with Gasteiger partial charge in [-0.3, -0.25) is 0 Å². The van der Waals surface area contributed by atoms with Crippen molar-refractivity contribution in [3.8, 4) is 0 Å². The minimum atomic E-state index is 0.765. The topological polar surface area (TPSA) is 0 Å². The van der Waals surface area contributed by atoms with Crippen LogP contribution < -0.4 is 0 Å². The Labute approximate surface area is 156 Å². The van der Waals surface area contributed by atoms with Crippen molar-refractivity contribution in [3.05, 3.63) is 21.9 Å². The maximum absolute atomic E-state index is 2.52. The number of unbranched alkanes of at least 4 members (excludes halogenated alkanes) is 2. The van der Waals surface area contributed by atoms with E-state index >= 15 is 0 Å². The van der Waals surface area contributed by atoms with Gasteiger partial charge in [0.1, 0.15) is 0 Å². The van der Waals surface area contributed by atoms with Gasteiger partial charge < -0.3 is 0 Å². The number of rotatable bonds is 8. The Bertz CT molecular complexity index is 581. The van der Waals surface area contributed by atoms with Crippen molar-refractivity contribution >= 4 is 32.1 Å². The zero-order valence-corrected chi connectivity index (χ0v) is 17.4. The molecule has 3 rings (SSSR count). The maximum atomic E-state index is 2.52. The molecule has 1 atom stereocenters. The van der Waals surface area contributed by atoms with Crippen LogP contribution in [-0.2, 0) is 6.42 Å². The van der Waals surface area contributed by atoms with Crippen LogP contribution in [0.1, 0.15) is 94.2 Å². The van der Waals surface area contributed by atoms with Crippen LogP contribution in [0.3, 0.4) is 0 Å². The first-order valence-electron chi connectivity index (χ1n) is 10.2. The standard InChI is InChI=1S/C22H34S2/c1-4-6-7-9-19-14-21-22(23-19)15-20(24-21)16(3)18-12-10-17(8-5-2)11-13-18/h14-18H,4-13H2,1-3H3. The fourth-order valence-electron chi connectivity index (χ4n) is 4.42. The van der Waals surface area contributed by atoms with Crippen molar-refractivity contribution in [1.82, 2.24) is 0 Å². The molecule has 2 aromatic rings. The number of thiophene rings is 2. The van der Waals surface area contributed by atoms with Crippen LogP contribution in [0.2, 0.25) is 0 Å². The summed E-state index contributed by atoms with van der Waals surface area (Å²) < 4.78 is 3.10. The van der Waals surface area contributed by atoms with Crippen molar-refractivity contribution in [1.29, 1.82) is 0 Å². The van der Waals surface area contributed by atoms with Crippen molar-refractivity contribution in [2.24, 2.45) is 11.8 Å². The molecule has 0 aromatic carbocycles. The van der Waals surface area contributed by atoms with Gasteiger partial charge in [0, 0.05) is 19.2 Å². The number of aryl methyl sites for hydroxylation is 1. The summed E-state index contributed by atoms with van der Waals surface area (Å²) in [7, 11) is 0. The predicted molar refractivity (Wildman–Crippen MR) is 112 cm³/mol. The molecule has 1 fully saturated rings. The fourth-order valence-corrected chi connectivity index (χ4v) is 7.04. The van der Waals surface area contributed by atoms with Gasteiger partial charge in [-0.15, -0.1) is 22.7 Å². The van der Waals surface area contributed by atoms with Gasteiger partial charge in [-0.1, -0.05) is 59.3 Å². The molecule has 0 nitrogen and oxygen atoms in total. The van der Waals surface area contributed by atoms with Gasteiger partial charge in [0.15, 0.2) is 0 Å². The predicted octanol–water partition coefficient (Wildman–Crippen LogP) is 8.41. The third kappa shape index (κ3) is 4.43. The van der Waals surface area contributed by atoms with Gasteiger partial charge in [0.2, 0.25) is 0 Å². The first-order valence-corrected chi connectivity index (χ1v) is 11.9. The summed E-state index contributed by atoms with van der Waals surface area (Å²) >= 11 is 4.13.